The number of carbonyl (C=O) groups excluding carboxylic acids is 1. The van der Waals surface area contributed by atoms with Gasteiger partial charge in [0.2, 0.25) is 5.91 Å². The first-order valence-electron chi connectivity index (χ1n) is 8.27. The van der Waals surface area contributed by atoms with Crippen LogP contribution in [0.1, 0.15) is 6.42 Å². The molecular formula is C19H16Cl2N2O3S2. The zero-order chi connectivity index (χ0) is 20.3. The highest BCUT2D eigenvalue weighted by atomic mass is 35.5. The van der Waals surface area contributed by atoms with Gasteiger partial charge in [-0.05, 0) is 24.3 Å². The molecule has 2 aromatic carbocycles. The SMILES string of the molecule is C=CCn1c(=NC(=O)CCS(=O)(=O)c2ccccc2)sc2ccc(Cl)c(Cl)c21. The molecule has 0 spiro atoms. The van der Waals surface area contributed by atoms with E-state index < -0.39 is 15.7 Å². The second-order valence-electron chi connectivity index (χ2n) is 5.88. The second-order valence-corrected chi connectivity index (χ2v) is 9.78. The average molecular weight is 455 g/mol. The summed E-state index contributed by atoms with van der Waals surface area (Å²) >= 11 is 13.7. The van der Waals surface area contributed by atoms with Crippen LogP contribution in [0.4, 0.5) is 0 Å². The molecule has 0 N–H and O–H groups in total. The van der Waals surface area contributed by atoms with Gasteiger partial charge in [0.05, 0.1) is 30.9 Å². The Bertz CT molecular complexity index is 1210. The van der Waals surface area contributed by atoms with Gasteiger partial charge in [-0.3, -0.25) is 4.79 Å². The van der Waals surface area contributed by atoms with E-state index in [0.717, 1.165) is 4.70 Å². The van der Waals surface area contributed by atoms with Gasteiger partial charge in [-0.1, -0.05) is 58.8 Å². The molecule has 1 aromatic heterocycles. The molecule has 5 nitrogen and oxygen atoms in total. The number of hydrogen-bond donors (Lipinski definition) is 0. The van der Waals surface area contributed by atoms with Crippen molar-refractivity contribution in [2.24, 2.45) is 4.99 Å². The molecule has 0 saturated carbocycles. The third kappa shape index (κ3) is 4.38. The molecule has 0 saturated heterocycles. The van der Waals surface area contributed by atoms with Gasteiger partial charge in [0, 0.05) is 13.0 Å². The van der Waals surface area contributed by atoms with Gasteiger partial charge in [-0.25, -0.2) is 8.42 Å². The molecule has 0 radical (unpaired) electrons. The van der Waals surface area contributed by atoms with Gasteiger partial charge >= 0.3 is 0 Å². The minimum atomic E-state index is -3.54. The molecule has 0 fully saturated rings. The van der Waals surface area contributed by atoms with E-state index in [1.54, 1.807) is 41.0 Å². The zero-order valence-corrected chi connectivity index (χ0v) is 17.8. The van der Waals surface area contributed by atoms with E-state index in [9.17, 15) is 13.2 Å². The van der Waals surface area contributed by atoms with Gasteiger partial charge in [0.1, 0.15) is 0 Å². The number of sulfone groups is 1. The number of allylic oxidation sites excluding steroid dienone is 1. The maximum Gasteiger partial charge on any atom is 0.249 e. The first kappa shape index (κ1) is 20.8. The standard InChI is InChI=1S/C19H16Cl2N2O3S2/c1-2-11-23-18-15(9-8-14(20)17(18)21)27-19(23)22-16(24)10-12-28(25,26)13-6-4-3-5-7-13/h2-9H,1,10-12H2. The van der Waals surface area contributed by atoms with Crippen molar-refractivity contribution in [1.82, 2.24) is 4.57 Å². The smallest absolute Gasteiger partial charge is 0.249 e. The lowest BCUT2D eigenvalue weighted by molar-refractivity contribution is -0.117. The van der Waals surface area contributed by atoms with Crippen molar-refractivity contribution in [2.45, 2.75) is 17.9 Å². The Hall–Kier alpha value is -1.93. The van der Waals surface area contributed by atoms with Crippen molar-refractivity contribution >= 4 is 60.5 Å². The molecule has 0 aliphatic heterocycles. The average Bonchev–Trinajstić information content (AvgIpc) is 3.02. The zero-order valence-electron chi connectivity index (χ0n) is 14.6. The predicted molar refractivity (Wildman–Crippen MR) is 114 cm³/mol. The number of carbonyl (C=O) groups is 1. The second kappa shape index (κ2) is 8.61. The number of hydrogen-bond acceptors (Lipinski definition) is 4. The van der Waals surface area contributed by atoms with Crippen LogP contribution < -0.4 is 4.80 Å². The molecule has 3 rings (SSSR count). The summed E-state index contributed by atoms with van der Waals surface area (Å²) in [5, 5.41) is 0.773. The Balaban J connectivity index is 1.92. The Morgan fingerprint density at radius 1 is 1.18 bits per heavy atom. The summed E-state index contributed by atoms with van der Waals surface area (Å²) in [4.78, 5) is 17.1. The molecule has 0 atom stereocenters. The lowest BCUT2D eigenvalue weighted by atomic mass is 10.3. The van der Waals surface area contributed by atoms with Gasteiger partial charge < -0.3 is 4.57 Å². The molecule has 9 heteroatoms. The van der Waals surface area contributed by atoms with Crippen LogP contribution in [0.15, 0.2) is 65.0 Å². The fourth-order valence-electron chi connectivity index (χ4n) is 2.62. The Kier molecular flexibility index (Phi) is 6.40. The molecule has 0 bridgehead atoms. The molecule has 146 valence electrons. The number of rotatable bonds is 6. The highest BCUT2D eigenvalue weighted by molar-refractivity contribution is 7.91. The maximum atomic E-state index is 12.4. The molecule has 0 aliphatic rings. The lowest BCUT2D eigenvalue weighted by Gasteiger charge is -2.04. The minimum Gasteiger partial charge on any atom is -0.311 e. The number of thiazole rings is 1. The number of nitrogens with zero attached hydrogens (tertiary/aromatic N) is 2. The number of halogens is 2. The Morgan fingerprint density at radius 2 is 1.89 bits per heavy atom. The van der Waals surface area contributed by atoms with E-state index in [0.29, 0.717) is 26.9 Å². The number of benzene rings is 2. The summed E-state index contributed by atoms with van der Waals surface area (Å²) in [6, 6.07) is 11.5. The van der Waals surface area contributed by atoms with E-state index in [2.05, 4.69) is 11.6 Å². The van der Waals surface area contributed by atoms with Gasteiger partial charge in [-0.15, -0.1) is 6.58 Å². The third-order valence-corrected chi connectivity index (χ3v) is 7.52. The van der Waals surface area contributed by atoms with E-state index in [-0.39, 0.29) is 17.1 Å². The highest BCUT2D eigenvalue weighted by Gasteiger charge is 2.17. The van der Waals surface area contributed by atoms with Crippen molar-refractivity contribution in [3.63, 3.8) is 0 Å². The van der Waals surface area contributed by atoms with Crippen LogP contribution in [-0.4, -0.2) is 24.6 Å². The summed E-state index contributed by atoms with van der Waals surface area (Å²) in [5.74, 6) is -0.829. The summed E-state index contributed by atoms with van der Waals surface area (Å²) in [5.41, 5.74) is 0.669. The van der Waals surface area contributed by atoms with Crippen LogP contribution in [0.2, 0.25) is 10.0 Å². The topological polar surface area (TPSA) is 68.5 Å². The molecule has 0 unspecified atom stereocenters. The van der Waals surface area contributed by atoms with Crippen LogP contribution in [-0.2, 0) is 21.2 Å². The van der Waals surface area contributed by atoms with E-state index in [4.69, 9.17) is 23.2 Å². The minimum absolute atomic E-state index is 0.188. The maximum absolute atomic E-state index is 12.4. The van der Waals surface area contributed by atoms with E-state index in [1.807, 2.05) is 0 Å². The molecular weight excluding hydrogens is 439 g/mol. The molecule has 1 amide bonds. The van der Waals surface area contributed by atoms with E-state index in [1.165, 1.54) is 23.5 Å². The fraction of sp³-hybridized carbons (Fsp3) is 0.158. The summed E-state index contributed by atoms with van der Waals surface area (Å²) in [6.07, 6.45) is 1.45. The quantitative estimate of drug-likeness (QED) is 0.515. The monoisotopic (exact) mass is 454 g/mol. The van der Waals surface area contributed by atoms with Crippen LogP contribution in [0.5, 0.6) is 0 Å². The van der Waals surface area contributed by atoms with Gasteiger partial charge in [0.25, 0.3) is 0 Å². The summed E-state index contributed by atoms with van der Waals surface area (Å²) in [6.45, 7) is 4.10. The normalized spacial score (nSPS) is 12.4. The third-order valence-electron chi connectivity index (χ3n) is 3.95. The van der Waals surface area contributed by atoms with Gasteiger partial charge in [-0.2, -0.15) is 4.99 Å². The van der Waals surface area contributed by atoms with Crippen LogP contribution in [0.25, 0.3) is 10.2 Å². The lowest BCUT2D eigenvalue weighted by Crippen LogP contribution is -2.18. The van der Waals surface area contributed by atoms with Crippen molar-refractivity contribution in [2.75, 3.05) is 5.75 Å². The Morgan fingerprint density at radius 3 is 2.57 bits per heavy atom. The van der Waals surface area contributed by atoms with Crippen LogP contribution >= 0.6 is 34.5 Å². The first-order chi connectivity index (χ1) is 13.3. The molecule has 0 aliphatic carbocycles. The van der Waals surface area contributed by atoms with Crippen molar-refractivity contribution in [3.05, 3.63) is 70.0 Å². The summed E-state index contributed by atoms with van der Waals surface area (Å²) < 4.78 is 27.2. The number of fused-ring (bicyclic) bond motifs is 1. The largest absolute Gasteiger partial charge is 0.311 e. The van der Waals surface area contributed by atoms with Crippen LogP contribution in [0.3, 0.4) is 0 Å². The molecule has 3 aromatic rings. The highest BCUT2D eigenvalue weighted by Crippen LogP contribution is 2.32. The fourth-order valence-corrected chi connectivity index (χ4v) is 5.41. The van der Waals surface area contributed by atoms with Gasteiger partial charge in [0.15, 0.2) is 14.6 Å². The Labute approximate surface area is 176 Å². The van der Waals surface area contributed by atoms with Crippen LogP contribution in [0, 0.1) is 0 Å². The molecule has 28 heavy (non-hydrogen) atoms. The molecule has 1 heterocycles. The van der Waals surface area contributed by atoms with Crippen molar-refractivity contribution < 1.29 is 13.2 Å². The van der Waals surface area contributed by atoms with Crippen molar-refractivity contribution in [3.8, 4) is 0 Å². The number of aromatic nitrogens is 1. The van der Waals surface area contributed by atoms with E-state index >= 15 is 0 Å². The predicted octanol–water partition coefficient (Wildman–Crippen LogP) is 4.49. The van der Waals surface area contributed by atoms with Crippen molar-refractivity contribution in [1.29, 1.82) is 0 Å². The number of amides is 1. The first-order valence-corrected chi connectivity index (χ1v) is 11.5. The summed E-state index contributed by atoms with van der Waals surface area (Å²) in [7, 11) is -3.54.